The molecule has 2 heterocycles. The molecule has 19 heavy (non-hydrogen) atoms. The highest BCUT2D eigenvalue weighted by atomic mass is 79.9. The largest absolute Gasteiger partial charge is 0.493 e. The van der Waals surface area contributed by atoms with Gasteiger partial charge in [-0.1, -0.05) is 15.9 Å². The molecule has 1 aliphatic heterocycles. The predicted molar refractivity (Wildman–Crippen MR) is 77.3 cm³/mol. The molecule has 1 unspecified atom stereocenters. The number of aromatic nitrogens is 2. The topological polar surface area (TPSA) is 49.9 Å². The molecule has 1 aromatic carbocycles. The van der Waals surface area contributed by atoms with Crippen molar-refractivity contribution in [1.29, 1.82) is 0 Å². The molecule has 4 nitrogen and oxygen atoms in total. The van der Waals surface area contributed by atoms with E-state index >= 15 is 0 Å². The lowest BCUT2D eigenvalue weighted by atomic mass is 10.0. The van der Waals surface area contributed by atoms with Gasteiger partial charge in [-0.25, -0.2) is 4.98 Å². The Bertz CT molecular complexity index is 542. The molecule has 3 rings (SSSR count). The van der Waals surface area contributed by atoms with Crippen LogP contribution in [0.3, 0.4) is 0 Å². The summed E-state index contributed by atoms with van der Waals surface area (Å²) in [6.45, 7) is 1.70. The first-order valence-electron chi connectivity index (χ1n) is 6.46. The van der Waals surface area contributed by atoms with E-state index in [9.17, 15) is 0 Å². The summed E-state index contributed by atoms with van der Waals surface area (Å²) in [7, 11) is 0. The van der Waals surface area contributed by atoms with Crippen molar-refractivity contribution >= 4 is 15.9 Å². The van der Waals surface area contributed by atoms with Gasteiger partial charge in [0, 0.05) is 47.4 Å². The van der Waals surface area contributed by atoms with Crippen molar-refractivity contribution in [1.82, 2.24) is 15.3 Å². The standard InChI is InChI=1S/C14H16BrN3O/c15-10-1-2-14-12(7-10)13(4-6-19-14)17-5-3-11-8-16-9-18-11/h1-2,7-9,13,17H,3-6H2,(H,16,18). The number of nitrogens with zero attached hydrogens (tertiary/aromatic N) is 1. The maximum atomic E-state index is 5.68. The molecule has 1 aromatic heterocycles. The summed E-state index contributed by atoms with van der Waals surface area (Å²) in [5.74, 6) is 0.994. The molecule has 0 aliphatic carbocycles. The van der Waals surface area contributed by atoms with E-state index in [1.165, 1.54) is 5.56 Å². The van der Waals surface area contributed by atoms with Gasteiger partial charge in [-0.15, -0.1) is 0 Å². The van der Waals surface area contributed by atoms with E-state index in [2.05, 4.69) is 37.3 Å². The molecular weight excluding hydrogens is 306 g/mol. The summed E-state index contributed by atoms with van der Waals surface area (Å²) >= 11 is 3.52. The van der Waals surface area contributed by atoms with Crippen LogP contribution in [-0.4, -0.2) is 23.1 Å². The maximum Gasteiger partial charge on any atom is 0.124 e. The van der Waals surface area contributed by atoms with Crippen LogP contribution < -0.4 is 10.1 Å². The second-order valence-electron chi connectivity index (χ2n) is 4.65. The number of benzene rings is 1. The van der Waals surface area contributed by atoms with Crippen LogP contribution in [0, 0.1) is 0 Å². The van der Waals surface area contributed by atoms with Crippen molar-refractivity contribution in [2.45, 2.75) is 18.9 Å². The summed E-state index contributed by atoms with van der Waals surface area (Å²) in [5, 5.41) is 3.59. The summed E-state index contributed by atoms with van der Waals surface area (Å²) in [6, 6.07) is 6.56. The van der Waals surface area contributed by atoms with Crippen LogP contribution in [0.5, 0.6) is 5.75 Å². The maximum absolute atomic E-state index is 5.68. The lowest BCUT2D eigenvalue weighted by Gasteiger charge is -2.27. The fraction of sp³-hybridized carbons (Fsp3) is 0.357. The molecule has 0 fully saturated rings. The van der Waals surface area contributed by atoms with E-state index < -0.39 is 0 Å². The Morgan fingerprint density at radius 3 is 3.26 bits per heavy atom. The molecule has 100 valence electrons. The number of halogens is 1. The minimum absolute atomic E-state index is 0.365. The SMILES string of the molecule is Brc1ccc2c(c1)C(NCCc1cnc[nH]1)CCO2. The number of H-pyrrole nitrogens is 1. The Morgan fingerprint density at radius 2 is 2.42 bits per heavy atom. The molecule has 2 aromatic rings. The van der Waals surface area contributed by atoms with Crippen molar-refractivity contribution in [3.05, 3.63) is 46.5 Å². The fourth-order valence-electron chi connectivity index (χ4n) is 2.38. The predicted octanol–water partition coefficient (Wildman–Crippen LogP) is 2.83. The zero-order chi connectivity index (χ0) is 13.1. The molecule has 1 aliphatic rings. The summed E-state index contributed by atoms with van der Waals surface area (Å²) in [5.41, 5.74) is 2.40. The van der Waals surface area contributed by atoms with Gasteiger partial charge in [0.25, 0.3) is 0 Å². The highest BCUT2D eigenvalue weighted by Crippen LogP contribution is 2.33. The number of nitrogens with one attached hydrogen (secondary N) is 2. The van der Waals surface area contributed by atoms with Crippen molar-refractivity contribution < 1.29 is 4.74 Å². The second kappa shape index (κ2) is 5.75. The van der Waals surface area contributed by atoms with Gasteiger partial charge in [0.2, 0.25) is 0 Å². The van der Waals surface area contributed by atoms with Gasteiger partial charge in [-0.05, 0) is 18.2 Å². The first-order chi connectivity index (χ1) is 9.33. The minimum Gasteiger partial charge on any atom is -0.493 e. The Labute approximate surface area is 120 Å². The van der Waals surface area contributed by atoms with Crippen LogP contribution in [0.4, 0.5) is 0 Å². The lowest BCUT2D eigenvalue weighted by Crippen LogP contribution is -2.28. The molecule has 0 saturated heterocycles. The van der Waals surface area contributed by atoms with Crippen LogP contribution in [-0.2, 0) is 6.42 Å². The highest BCUT2D eigenvalue weighted by molar-refractivity contribution is 9.10. The van der Waals surface area contributed by atoms with Crippen LogP contribution >= 0.6 is 15.9 Å². The van der Waals surface area contributed by atoms with Gasteiger partial charge in [-0.3, -0.25) is 0 Å². The molecule has 0 spiro atoms. The monoisotopic (exact) mass is 321 g/mol. The third-order valence-corrected chi connectivity index (χ3v) is 3.84. The van der Waals surface area contributed by atoms with Crippen LogP contribution in [0.25, 0.3) is 0 Å². The van der Waals surface area contributed by atoms with Crippen molar-refractivity contribution in [2.75, 3.05) is 13.2 Å². The molecule has 0 saturated carbocycles. The van der Waals surface area contributed by atoms with Gasteiger partial charge in [0.15, 0.2) is 0 Å². The molecule has 5 heteroatoms. The van der Waals surface area contributed by atoms with Gasteiger partial charge in [-0.2, -0.15) is 0 Å². The Hall–Kier alpha value is -1.33. The summed E-state index contributed by atoms with van der Waals surface area (Å²) in [6.07, 6.45) is 5.56. The van der Waals surface area contributed by atoms with Crippen molar-refractivity contribution in [2.24, 2.45) is 0 Å². The van der Waals surface area contributed by atoms with E-state index in [1.807, 2.05) is 18.3 Å². The molecular formula is C14H16BrN3O. The third kappa shape index (κ3) is 2.98. The fourth-order valence-corrected chi connectivity index (χ4v) is 2.76. The van der Waals surface area contributed by atoms with Crippen LogP contribution in [0.15, 0.2) is 35.2 Å². The van der Waals surface area contributed by atoms with E-state index in [1.54, 1.807) is 6.33 Å². The zero-order valence-electron chi connectivity index (χ0n) is 10.5. The Balaban J connectivity index is 1.64. The number of imidazole rings is 1. The van der Waals surface area contributed by atoms with E-state index in [4.69, 9.17) is 4.74 Å². The quantitative estimate of drug-likeness (QED) is 0.910. The number of rotatable bonds is 4. The normalized spacial score (nSPS) is 17.8. The third-order valence-electron chi connectivity index (χ3n) is 3.35. The average molecular weight is 322 g/mol. The number of fused-ring (bicyclic) bond motifs is 1. The molecule has 0 bridgehead atoms. The van der Waals surface area contributed by atoms with Gasteiger partial charge >= 0.3 is 0 Å². The number of hydrogen-bond acceptors (Lipinski definition) is 3. The Morgan fingerprint density at radius 1 is 1.47 bits per heavy atom. The highest BCUT2D eigenvalue weighted by Gasteiger charge is 2.20. The number of aromatic amines is 1. The molecule has 0 radical (unpaired) electrons. The second-order valence-corrected chi connectivity index (χ2v) is 5.57. The molecule has 2 N–H and O–H groups in total. The van der Waals surface area contributed by atoms with Gasteiger partial charge < -0.3 is 15.0 Å². The van der Waals surface area contributed by atoms with Gasteiger partial charge in [0.05, 0.1) is 12.9 Å². The summed E-state index contributed by atoms with van der Waals surface area (Å²) in [4.78, 5) is 7.15. The zero-order valence-corrected chi connectivity index (χ0v) is 12.1. The van der Waals surface area contributed by atoms with Crippen LogP contribution in [0.2, 0.25) is 0 Å². The van der Waals surface area contributed by atoms with Crippen LogP contribution in [0.1, 0.15) is 23.7 Å². The summed E-state index contributed by atoms with van der Waals surface area (Å²) < 4.78 is 6.78. The molecule has 0 amide bonds. The first-order valence-corrected chi connectivity index (χ1v) is 7.25. The van der Waals surface area contributed by atoms with E-state index in [0.717, 1.165) is 41.9 Å². The van der Waals surface area contributed by atoms with Crippen molar-refractivity contribution in [3.8, 4) is 5.75 Å². The smallest absolute Gasteiger partial charge is 0.124 e. The first kappa shape index (κ1) is 12.7. The molecule has 1 atom stereocenters. The number of hydrogen-bond donors (Lipinski definition) is 2. The van der Waals surface area contributed by atoms with Crippen molar-refractivity contribution in [3.63, 3.8) is 0 Å². The van der Waals surface area contributed by atoms with E-state index in [-0.39, 0.29) is 0 Å². The number of ether oxygens (including phenoxy) is 1. The average Bonchev–Trinajstić information content (AvgIpc) is 2.92. The van der Waals surface area contributed by atoms with Gasteiger partial charge in [0.1, 0.15) is 5.75 Å². The lowest BCUT2D eigenvalue weighted by molar-refractivity contribution is 0.253. The van der Waals surface area contributed by atoms with E-state index in [0.29, 0.717) is 6.04 Å². The minimum atomic E-state index is 0.365. The Kier molecular flexibility index (Phi) is 3.84.